The summed E-state index contributed by atoms with van der Waals surface area (Å²) in [4.78, 5) is 28.3. The van der Waals surface area contributed by atoms with E-state index in [4.69, 9.17) is 9.84 Å². The second kappa shape index (κ2) is 18.6. The van der Waals surface area contributed by atoms with Crippen molar-refractivity contribution < 1.29 is 14.6 Å². The molecule has 1 amide bonds. The molecule has 7 nitrogen and oxygen atoms in total. The first-order chi connectivity index (χ1) is 17.6. The average molecular weight is 514 g/mol. The van der Waals surface area contributed by atoms with Crippen LogP contribution >= 0.6 is 11.8 Å². The van der Waals surface area contributed by atoms with Crippen molar-refractivity contribution in [3.8, 4) is 0 Å². The molecule has 1 unspecified atom stereocenters. The highest BCUT2D eigenvalue weighted by Gasteiger charge is 2.27. The highest BCUT2D eigenvalue weighted by Crippen LogP contribution is 2.30. The van der Waals surface area contributed by atoms with Crippen LogP contribution in [0.2, 0.25) is 0 Å². The summed E-state index contributed by atoms with van der Waals surface area (Å²) < 4.78 is 6.95. The summed E-state index contributed by atoms with van der Waals surface area (Å²) in [7, 11) is 0. The second-order valence-corrected chi connectivity index (χ2v) is 9.38. The van der Waals surface area contributed by atoms with Gasteiger partial charge in [-0.3, -0.25) is 9.36 Å². The van der Waals surface area contributed by atoms with Crippen LogP contribution in [-0.2, 0) is 9.53 Å². The Morgan fingerprint density at radius 1 is 1.08 bits per heavy atom. The molecule has 2 N–H and O–H groups in total. The van der Waals surface area contributed by atoms with Crippen molar-refractivity contribution in [2.45, 2.75) is 70.0 Å². The molecule has 0 bridgehead atoms. The number of aliphatic hydroxyl groups excluding tert-OH is 1. The highest BCUT2D eigenvalue weighted by atomic mass is 32.2. The highest BCUT2D eigenvalue weighted by molar-refractivity contribution is 8.00. The lowest BCUT2D eigenvalue weighted by atomic mass is 10.2. The minimum absolute atomic E-state index is 0.100. The normalized spacial score (nSPS) is 18.6. The number of anilines is 1. The number of allylic oxidation sites excluding steroid dienone is 10. The van der Waals surface area contributed by atoms with E-state index >= 15 is 0 Å². The molecule has 1 aliphatic heterocycles. The van der Waals surface area contributed by atoms with Gasteiger partial charge in [0.25, 0.3) is 0 Å². The van der Waals surface area contributed by atoms with E-state index in [0.717, 1.165) is 44.9 Å². The van der Waals surface area contributed by atoms with Gasteiger partial charge in [0, 0.05) is 18.4 Å². The van der Waals surface area contributed by atoms with E-state index in [9.17, 15) is 9.59 Å². The number of carbonyl (C=O) groups is 1. The number of ether oxygens (including phenoxy) is 1. The van der Waals surface area contributed by atoms with Gasteiger partial charge in [-0.15, -0.1) is 11.8 Å². The number of thioether (sulfide) groups is 1. The van der Waals surface area contributed by atoms with Crippen LogP contribution < -0.4 is 11.0 Å². The standard InChI is InChI=1S/C28H39N3O4S/c1-2-3-4-5-6-7-8-9-10-11-12-13-14-15-16-17-18-19-25(33)29-24-20-21-31(28(34)30-24)26-23-36-27(22-32)35-26/h3-4,6-7,9-10,12-13,15-16,20-21,26-27,32H,2,5,8,11,14,17-19,22-23H2,1H3,(H,29,30,33,34)/t26?,27-/m1/s1. The quantitative estimate of drug-likeness (QED) is 0.218. The topological polar surface area (TPSA) is 93.5 Å². The smallest absolute Gasteiger partial charge is 0.351 e. The first-order valence-corrected chi connectivity index (χ1v) is 13.7. The van der Waals surface area contributed by atoms with Crippen molar-refractivity contribution >= 4 is 23.5 Å². The molecule has 1 fully saturated rings. The lowest BCUT2D eigenvalue weighted by molar-refractivity contribution is -0.116. The third-order valence-corrected chi connectivity index (χ3v) is 6.33. The fourth-order valence-electron chi connectivity index (χ4n) is 3.34. The number of hydrogen-bond acceptors (Lipinski definition) is 6. The summed E-state index contributed by atoms with van der Waals surface area (Å²) in [6, 6.07) is 1.59. The predicted molar refractivity (Wildman–Crippen MR) is 149 cm³/mol. The molecule has 0 radical (unpaired) electrons. The van der Waals surface area contributed by atoms with Gasteiger partial charge in [-0.25, -0.2) is 4.79 Å². The third-order valence-electron chi connectivity index (χ3n) is 5.22. The summed E-state index contributed by atoms with van der Waals surface area (Å²) in [5, 5.41) is 11.8. The molecule has 1 aromatic heterocycles. The van der Waals surface area contributed by atoms with E-state index < -0.39 is 11.9 Å². The molecule has 2 atom stereocenters. The maximum absolute atomic E-state index is 12.3. The zero-order valence-corrected chi connectivity index (χ0v) is 21.9. The molecule has 2 rings (SSSR count). The van der Waals surface area contributed by atoms with Crippen molar-refractivity contribution in [1.29, 1.82) is 0 Å². The minimum atomic E-state index is -0.490. The molecule has 0 saturated carbocycles. The van der Waals surface area contributed by atoms with Crippen LogP contribution in [0, 0.1) is 0 Å². The molecular formula is C28H39N3O4S. The molecule has 196 valence electrons. The Hall–Kier alpha value is -2.68. The zero-order valence-electron chi connectivity index (χ0n) is 21.1. The summed E-state index contributed by atoms with van der Waals surface area (Å²) in [5.41, 5.74) is -0.819. The van der Waals surface area contributed by atoms with Crippen LogP contribution in [0.5, 0.6) is 0 Å². The Kier molecular flexibility index (Phi) is 15.2. The number of aliphatic hydroxyl groups is 1. The Morgan fingerprint density at radius 3 is 2.25 bits per heavy atom. The van der Waals surface area contributed by atoms with Crippen LogP contribution in [0.25, 0.3) is 0 Å². The monoisotopic (exact) mass is 513 g/mol. The van der Waals surface area contributed by atoms with E-state index in [1.54, 1.807) is 12.3 Å². The minimum Gasteiger partial charge on any atom is -0.393 e. The van der Waals surface area contributed by atoms with Gasteiger partial charge in [0.05, 0.1) is 6.61 Å². The molecular weight excluding hydrogens is 474 g/mol. The number of unbranched alkanes of at least 4 members (excludes halogenated alkanes) is 1. The summed E-state index contributed by atoms with van der Waals surface area (Å²) in [6.45, 7) is 2.04. The van der Waals surface area contributed by atoms with Crippen molar-refractivity contribution in [3.63, 3.8) is 0 Å². The largest absolute Gasteiger partial charge is 0.393 e. The molecule has 1 aromatic rings. The Morgan fingerprint density at radius 2 is 1.69 bits per heavy atom. The van der Waals surface area contributed by atoms with Crippen molar-refractivity contribution in [2.24, 2.45) is 0 Å². The van der Waals surface area contributed by atoms with E-state index in [2.05, 4.69) is 78.0 Å². The van der Waals surface area contributed by atoms with Crippen molar-refractivity contribution in [2.75, 3.05) is 17.7 Å². The van der Waals surface area contributed by atoms with Gasteiger partial charge in [0.2, 0.25) is 5.91 Å². The number of rotatable bonds is 16. The van der Waals surface area contributed by atoms with Crippen LogP contribution in [0.4, 0.5) is 5.82 Å². The Labute approximate surface area is 218 Å². The SMILES string of the molecule is CCC=CCC=CCC=CCC=CCC=CCCCC(=O)Nc1ccn(C2CS[C@H](CO)O2)c(=O)n1. The predicted octanol–water partition coefficient (Wildman–Crippen LogP) is 5.68. The molecule has 2 heterocycles. The molecule has 1 aliphatic rings. The van der Waals surface area contributed by atoms with E-state index in [-0.39, 0.29) is 23.8 Å². The molecule has 0 aliphatic carbocycles. The summed E-state index contributed by atoms with van der Waals surface area (Å²) in [6.07, 6.45) is 29.5. The van der Waals surface area contributed by atoms with E-state index in [1.807, 2.05) is 0 Å². The number of hydrogen-bond donors (Lipinski definition) is 2. The number of amides is 1. The van der Waals surface area contributed by atoms with E-state index in [1.165, 1.54) is 16.3 Å². The lowest BCUT2D eigenvalue weighted by Gasteiger charge is -2.14. The third kappa shape index (κ3) is 12.3. The summed E-state index contributed by atoms with van der Waals surface area (Å²) >= 11 is 1.45. The fraction of sp³-hybridized carbons (Fsp3) is 0.464. The van der Waals surface area contributed by atoms with Gasteiger partial charge in [0.1, 0.15) is 17.5 Å². The number of nitrogens with one attached hydrogen (secondary N) is 1. The molecule has 1 saturated heterocycles. The Bertz CT molecular complexity index is 981. The van der Waals surface area contributed by atoms with Crippen LogP contribution in [-0.4, -0.2) is 38.4 Å². The van der Waals surface area contributed by atoms with Crippen molar-refractivity contribution in [3.05, 3.63) is 83.5 Å². The van der Waals surface area contributed by atoms with Gasteiger partial charge >= 0.3 is 5.69 Å². The maximum atomic E-state index is 12.3. The van der Waals surface area contributed by atoms with Crippen LogP contribution in [0.3, 0.4) is 0 Å². The molecule has 0 spiro atoms. The lowest BCUT2D eigenvalue weighted by Crippen LogP contribution is -2.29. The average Bonchev–Trinajstić information content (AvgIpc) is 3.35. The number of carbonyl (C=O) groups excluding carboxylic acids is 1. The van der Waals surface area contributed by atoms with Crippen LogP contribution in [0.1, 0.15) is 64.5 Å². The fourth-order valence-corrected chi connectivity index (χ4v) is 4.27. The van der Waals surface area contributed by atoms with Gasteiger partial charge < -0.3 is 15.2 Å². The van der Waals surface area contributed by atoms with Gasteiger partial charge in [-0.05, 0) is 51.0 Å². The second-order valence-electron chi connectivity index (χ2n) is 8.19. The first-order valence-electron chi connectivity index (χ1n) is 12.7. The molecule has 8 heteroatoms. The van der Waals surface area contributed by atoms with Gasteiger partial charge in [-0.2, -0.15) is 4.98 Å². The maximum Gasteiger partial charge on any atom is 0.351 e. The zero-order chi connectivity index (χ0) is 25.8. The van der Waals surface area contributed by atoms with Gasteiger partial charge in [-0.1, -0.05) is 67.7 Å². The Balaban J connectivity index is 1.54. The van der Waals surface area contributed by atoms with Crippen LogP contribution in [0.15, 0.2) is 77.8 Å². The van der Waals surface area contributed by atoms with Crippen molar-refractivity contribution in [1.82, 2.24) is 9.55 Å². The van der Waals surface area contributed by atoms with Gasteiger partial charge in [0.15, 0.2) is 0 Å². The molecule has 0 aromatic carbocycles. The summed E-state index contributed by atoms with van der Waals surface area (Å²) in [5.74, 6) is 0.634. The first kappa shape index (κ1) is 29.5. The number of aromatic nitrogens is 2. The number of nitrogens with zero attached hydrogens (tertiary/aromatic N) is 2. The van der Waals surface area contributed by atoms with E-state index in [0.29, 0.717) is 12.2 Å². The molecule has 36 heavy (non-hydrogen) atoms.